The molecule has 0 unspecified atom stereocenters. The van der Waals surface area contributed by atoms with Crippen molar-refractivity contribution in [2.45, 2.75) is 26.2 Å². The van der Waals surface area contributed by atoms with Crippen LogP contribution in [0, 0.1) is 11.6 Å². The SMILES string of the molecule is O=C(c1cc(Cl)cc(Cl)c1O)N(Cc1ccc(F)cc1)Cc1cc(Cl)cc(CN(Cc2ccc(F)cc2)C(=O)c2cc(Cl)cc(Cl)c2O)c1. The summed E-state index contributed by atoms with van der Waals surface area (Å²) >= 11 is 31.1. The number of hydrogen-bond donors (Lipinski definition) is 2. The van der Waals surface area contributed by atoms with Crippen LogP contribution in [0.5, 0.6) is 11.5 Å². The summed E-state index contributed by atoms with van der Waals surface area (Å²) in [6.45, 7) is -0.0586. The molecule has 2 N–H and O–H groups in total. The van der Waals surface area contributed by atoms with Crippen LogP contribution in [0.25, 0.3) is 0 Å². The van der Waals surface area contributed by atoms with Gasteiger partial charge in [0.2, 0.25) is 0 Å². The number of amides is 2. The van der Waals surface area contributed by atoms with Gasteiger partial charge in [-0.15, -0.1) is 0 Å². The Kier molecular flexibility index (Phi) is 11.6. The van der Waals surface area contributed by atoms with Gasteiger partial charge >= 0.3 is 0 Å². The van der Waals surface area contributed by atoms with Crippen molar-refractivity contribution in [3.8, 4) is 11.5 Å². The van der Waals surface area contributed by atoms with Crippen molar-refractivity contribution >= 4 is 69.8 Å². The molecule has 2 amide bonds. The highest BCUT2D eigenvalue weighted by molar-refractivity contribution is 6.37. The molecule has 0 aromatic heterocycles. The molecule has 49 heavy (non-hydrogen) atoms. The zero-order valence-corrected chi connectivity index (χ0v) is 29.0. The minimum atomic E-state index is -0.617. The fourth-order valence-electron chi connectivity index (χ4n) is 5.16. The first kappa shape index (κ1) is 36.2. The normalized spacial score (nSPS) is 11.0. The van der Waals surface area contributed by atoms with Gasteiger partial charge in [-0.25, -0.2) is 8.78 Å². The monoisotopic (exact) mass is 762 g/mol. The van der Waals surface area contributed by atoms with Crippen molar-refractivity contribution in [3.63, 3.8) is 0 Å². The highest BCUT2D eigenvalue weighted by Gasteiger charge is 2.25. The summed E-state index contributed by atoms with van der Waals surface area (Å²) in [5.41, 5.74) is 2.01. The van der Waals surface area contributed by atoms with Gasteiger partial charge in [-0.1, -0.05) is 88.3 Å². The fraction of sp³-hybridized carbons (Fsp3) is 0.111. The third-order valence-electron chi connectivity index (χ3n) is 7.43. The number of benzene rings is 5. The maximum Gasteiger partial charge on any atom is 0.258 e. The van der Waals surface area contributed by atoms with Gasteiger partial charge in [0.05, 0.1) is 21.2 Å². The number of phenolic OH excluding ortho intramolecular Hbond substituents is 2. The Morgan fingerprint density at radius 3 is 1.18 bits per heavy atom. The van der Waals surface area contributed by atoms with Crippen LogP contribution >= 0.6 is 58.0 Å². The lowest BCUT2D eigenvalue weighted by atomic mass is 10.1. The molecular formula is C36H25Cl5F2N2O4. The largest absolute Gasteiger partial charge is 0.506 e. The van der Waals surface area contributed by atoms with Gasteiger partial charge in [0.1, 0.15) is 23.1 Å². The molecule has 5 rings (SSSR count). The van der Waals surface area contributed by atoms with E-state index < -0.39 is 34.9 Å². The standard InChI is InChI=1S/C36H25Cl5F2N2O4/c37-24-10-22(18-44(16-20-1-5-27(42)6-2-20)35(48)29-12-25(38)14-31(40)33(29)46)9-23(11-24)19-45(17-21-3-7-28(43)8-4-21)36(49)30-13-26(39)15-32(41)34(30)47/h1-15,46-47H,16-19H2. The Balaban J connectivity index is 1.50. The molecule has 0 fully saturated rings. The molecule has 252 valence electrons. The zero-order valence-electron chi connectivity index (χ0n) is 25.2. The predicted molar refractivity (Wildman–Crippen MR) is 188 cm³/mol. The Morgan fingerprint density at radius 2 is 0.816 bits per heavy atom. The summed E-state index contributed by atoms with van der Waals surface area (Å²) in [6, 6.07) is 21.4. The van der Waals surface area contributed by atoms with E-state index in [0.717, 1.165) is 0 Å². The second kappa shape index (κ2) is 15.7. The molecule has 13 heteroatoms. The first-order valence-electron chi connectivity index (χ1n) is 14.5. The van der Waals surface area contributed by atoms with E-state index in [9.17, 15) is 28.6 Å². The average Bonchev–Trinajstić information content (AvgIpc) is 3.05. The van der Waals surface area contributed by atoms with Crippen molar-refractivity contribution in [3.05, 3.63) is 161 Å². The maximum atomic E-state index is 13.9. The lowest BCUT2D eigenvalue weighted by molar-refractivity contribution is 0.0723. The van der Waals surface area contributed by atoms with Gasteiger partial charge in [0.25, 0.3) is 11.8 Å². The van der Waals surface area contributed by atoms with E-state index in [1.54, 1.807) is 18.2 Å². The first-order valence-corrected chi connectivity index (χ1v) is 16.4. The van der Waals surface area contributed by atoms with E-state index in [4.69, 9.17) is 58.0 Å². The molecule has 0 aliphatic carbocycles. The Hall–Kier alpha value is -4.05. The lowest BCUT2D eigenvalue weighted by Crippen LogP contribution is -2.31. The van der Waals surface area contributed by atoms with Crippen LogP contribution in [-0.2, 0) is 26.2 Å². The molecular weight excluding hydrogens is 740 g/mol. The van der Waals surface area contributed by atoms with Crippen molar-refractivity contribution in [2.75, 3.05) is 0 Å². The number of hydrogen-bond acceptors (Lipinski definition) is 4. The summed E-state index contributed by atoms with van der Waals surface area (Å²) in [5.74, 6) is -3.04. The summed E-state index contributed by atoms with van der Waals surface area (Å²) in [5, 5.41) is 21.6. The lowest BCUT2D eigenvalue weighted by Gasteiger charge is -2.26. The van der Waals surface area contributed by atoms with Crippen LogP contribution < -0.4 is 0 Å². The number of aromatic hydroxyl groups is 2. The van der Waals surface area contributed by atoms with Gasteiger partial charge in [-0.05, 0) is 82.9 Å². The second-order valence-electron chi connectivity index (χ2n) is 11.1. The van der Waals surface area contributed by atoms with Crippen molar-refractivity contribution in [2.24, 2.45) is 0 Å². The molecule has 0 aliphatic heterocycles. The van der Waals surface area contributed by atoms with Crippen molar-refractivity contribution in [1.29, 1.82) is 0 Å². The minimum Gasteiger partial charge on any atom is -0.506 e. The third-order valence-corrected chi connectivity index (χ3v) is 8.66. The molecule has 0 saturated carbocycles. The van der Waals surface area contributed by atoms with Gasteiger partial charge in [-0.3, -0.25) is 9.59 Å². The molecule has 5 aromatic carbocycles. The van der Waals surface area contributed by atoms with Crippen LogP contribution in [0.2, 0.25) is 25.1 Å². The molecule has 5 aromatic rings. The highest BCUT2D eigenvalue weighted by Crippen LogP contribution is 2.34. The number of rotatable bonds is 10. The molecule has 6 nitrogen and oxygen atoms in total. The Bertz CT molecular complexity index is 1890. The summed E-state index contributed by atoms with van der Waals surface area (Å²) in [6.07, 6.45) is 0. The van der Waals surface area contributed by atoms with E-state index in [2.05, 4.69) is 0 Å². The average molecular weight is 765 g/mol. The molecule has 0 saturated heterocycles. The number of phenols is 2. The summed E-state index contributed by atoms with van der Waals surface area (Å²) in [7, 11) is 0. The highest BCUT2D eigenvalue weighted by atomic mass is 35.5. The first-order chi connectivity index (χ1) is 23.3. The molecule has 0 spiro atoms. The zero-order chi connectivity index (χ0) is 35.4. The molecule has 0 radical (unpaired) electrons. The predicted octanol–water partition coefficient (Wildman–Crippen LogP) is 10.3. The molecule has 0 aliphatic rings. The van der Waals surface area contributed by atoms with Gasteiger partial charge in [0, 0.05) is 41.2 Å². The van der Waals surface area contributed by atoms with E-state index in [0.29, 0.717) is 22.3 Å². The van der Waals surface area contributed by atoms with Crippen molar-refractivity contribution < 1.29 is 28.6 Å². The minimum absolute atomic E-state index is 0.00845. The summed E-state index contributed by atoms with van der Waals surface area (Å²) in [4.78, 5) is 30.5. The van der Waals surface area contributed by atoms with E-state index in [1.165, 1.54) is 82.6 Å². The number of halogens is 7. The fourth-order valence-corrected chi connectivity index (χ4v) is 6.43. The van der Waals surface area contributed by atoms with Gasteiger partial charge < -0.3 is 20.0 Å². The number of carbonyl (C=O) groups is 2. The van der Waals surface area contributed by atoms with E-state index in [-0.39, 0.29) is 62.4 Å². The molecule has 0 atom stereocenters. The van der Waals surface area contributed by atoms with E-state index in [1.807, 2.05) is 0 Å². The maximum absolute atomic E-state index is 13.9. The smallest absolute Gasteiger partial charge is 0.258 e. The van der Waals surface area contributed by atoms with Gasteiger partial charge in [-0.2, -0.15) is 0 Å². The molecule has 0 bridgehead atoms. The van der Waals surface area contributed by atoms with Crippen LogP contribution in [0.4, 0.5) is 8.78 Å². The van der Waals surface area contributed by atoms with E-state index >= 15 is 0 Å². The van der Waals surface area contributed by atoms with Gasteiger partial charge in [0.15, 0.2) is 0 Å². The van der Waals surface area contributed by atoms with Crippen LogP contribution in [0.15, 0.2) is 91.0 Å². The topological polar surface area (TPSA) is 81.1 Å². The van der Waals surface area contributed by atoms with Crippen LogP contribution in [0.1, 0.15) is 43.0 Å². The number of carbonyl (C=O) groups excluding carboxylic acids is 2. The number of nitrogens with zero attached hydrogens (tertiary/aromatic N) is 2. The van der Waals surface area contributed by atoms with Crippen LogP contribution in [0.3, 0.4) is 0 Å². The molecule has 0 heterocycles. The van der Waals surface area contributed by atoms with Crippen molar-refractivity contribution in [1.82, 2.24) is 9.80 Å². The Labute approximate surface area is 305 Å². The quantitative estimate of drug-likeness (QED) is 0.148. The second-order valence-corrected chi connectivity index (χ2v) is 13.2. The Morgan fingerprint density at radius 1 is 0.490 bits per heavy atom. The van der Waals surface area contributed by atoms with Crippen LogP contribution in [-0.4, -0.2) is 31.8 Å². The summed E-state index contributed by atoms with van der Waals surface area (Å²) < 4.78 is 27.4. The third kappa shape index (κ3) is 9.15.